The maximum absolute atomic E-state index is 12.1. The molecule has 0 aliphatic heterocycles. The maximum atomic E-state index is 12.1. The Bertz CT molecular complexity index is 800. The topological polar surface area (TPSA) is 70.8 Å². The first-order valence-electron chi connectivity index (χ1n) is 9.38. The van der Waals surface area contributed by atoms with Crippen molar-refractivity contribution in [2.75, 3.05) is 12.8 Å². The van der Waals surface area contributed by atoms with Crippen molar-refractivity contribution in [2.24, 2.45) is 4.99 Å². The molecule has 1 aliphatic carbocycles. The first kappa shape index (κ1) is 18.9. The van der Waals surface area contributed by atoms with E-state index < -0.39 is 10.8 Å². The summed E-state index contributed by atoms with van der Waals surface area (Å²) in [6.45, 7) is 4.70. The van der Waals surface area contributed by atoms with Crippen LogP contribution in [0.3, 0.4) is 0 Å². The third-order valence-electron chi connectivity index (χ3n) is 5.03. The number of hydrogen-bond donors (Lipinski definition) is 2. The van der Waals surface area contributed by atoms with E-state index in [2.05, 4.69) is 44.2 Å². The zero-order chi connectivity index (χ0) is 18.5. The van der Waals surface area contributed by atoms with E-state index in [0.717, 1.165) is 48.7 Å². The summed E-state index contributed by atoms with van der Waals surface area (Å²) in [6, 6.07) is 6.44. The summed E-state index contributed by atoms with van der Waals surface area (Å²) < 4.78 is 14.2. The molecule has 2 aromatic rings. The number of fused-ring (bicyclic) bond motifs is 1. The summed E-state index contributed by atoms with van der Waals surface area (Å²) in [7, 11) is 1.08. The number of aromatic nitrogens is 2. The Labute approximate surface area is 158 Å². The van der Waals surface area contributed by atoms with Gasteiger partial charge in [0.1, 0.15) is 5.65 Å². The first-order chi connectivity index (χ1) is 12.6. The SMILES string of the molecule is CCS(=O)C1CCCC(NC(=NC)NCc2cn3c(C)cccc3n2)C1. The molecule has 0 aromatic carbocycles. The molecule has 0 spiro atoms. The van der Waals surface area contributed by atoms with Gasteiger partial charge >= 0.3 is 0 Å². The highest BCUT2D eigenvalue weighted by atomic mass is 32.2. The molecule has 26 heavy (non-hydrogen) atoms. The minimum Gasteiger partial charge on any atom is -0.354 e. The van der Waals surface area contributed by atoms with Crippen molar-refractivity contribution in [3.05, 3.63) is 35.8 Å². The van der Waals surface area contributed by atoms with Gasteiger partial charge in [-0.15, -0.1) is 0 Å². The number of nitrogens with zero attached hydrogens (tertiary/aromatic N) is 3. The van der Waals surface area contributed by atoms with Gasteiger partial charge in [0.25, 0.3) is 0 Å². The number of rotatable bonds is 5. The summed E-state index contributed by atoms with van der Waals surface area (Å²) in [4.78, 5) is 8.99. The third kappa shape index (κ3) is 4.44. The number of guanidine groups is 1. The van der Waals surface area contributed by atoms with Crippen molar-refractivity contribution >= 4 is 22.4 Å². The summed E-state index contributed by atoms with van der Waals surface area (Å²) >= 11 is 0. The average molecular weight is 376 g/mol. The van der Waals surface area contributed by atoms with E-state index in [9.17, 15) is 4.21 Å². The van der Waals surface area contributed by atoms with Crippen molar-refractivity contribution in [3.63, 3.8) is 0 Å². The van der Waals surface area contributed by atoms with Crippen LogP contribution in [-0.4, -0.2) is 43.6 Å². The van der Waals surface area contributed by atoms with Crippen molar-refractivity contribution in [3.8, 4) is 0 Å². The van der Waals surface area contributed by atoms with Gasteiger partial charge in [0.15, 0.2) is 5.96 Å². The largest absolute Gasteiger partial charge is 0.354 e. The molecular formula is C19H29N5OS. The van der Waals surface area contributed by atoms with Gasteiger partial charge in [-0.25, -0.2) is 4.98 Å². The quantitative estimate of drug-likeness (QED) is 0.622. The van der Waals surface area contributed by atoms with Crippen LogP contribution < -0.4 is 10.6 Å². The Morgan fingerprint density at radius 1 is 1.42 bits per heavy atom. The Balaban J connectivity index is 1.57. The standard InChI is InChI=1S/C19H29N5OS/c1-4-26(25)17-9-6-8-15(11-17)23-19(20-3)21-12-16-13-24-14(2)7-5-10-18(24)22-16/h5,7,10,13,15,17H,4,6,8-9,11-12H2,1-3H3,(H2,20,21,23). The smallest absolute Gasteiger partial charge is 0.191 e. The fourth-order valence-corrected chi connectivity index (χ4v) is 4.94. The summed E-state index contributed by atoms with van der Waals surface area (Å²) in [5.74, 6) is 1.53. The Morgan fingerprint density at radius 2 is 2.27 bits per heavy atom. The van der Waals surface area contributed by atoms with Crippen LogP contribution in [0.1, 0.15) is 44.0 Å². The predicted molar refractivity (Wildman–Crippen MR) is 108 cm³/mol. The Hall–Kier alpha value is -1.89. The molecule has 0 saturated heterocycles. The molecule has 1 aliphatic rings. The van der Waals surface area contributed by atoms with E-state index in [1.165, 1.54) is 5.69 Å². The molecule has 2 heterocycles. The van der Waals surface area contributed by atoms with Gasteiger partial charge in [-0.2, -0.15) is 0 Å². The Morgan fingerprint density at radius 3 is 3.00 bits per heavy atom. The minimum absolute atomic E-state index is 0.311. The normalized spacial score (nSPS) is 22.3. The van der Waals surface area contributed by atoms with E-state index >= 15 is 0 Å². The van der Waals surface area contributed by atoms with Gasteiger partial charge in [0, 0.05) is 46.8 Å². The number of hydrogen-bond acceptors (Lipinski definition) is 3. The monoisotopic (exact) mass is 375 g/mol. The summed E-state index contributed by atoms with van der Waals surface area (Å²) in [5, 5.41) is 7.17. The number of pyridine rings is 1. The van der Waals surface area contributed by atoms with Crippen molar-refractivity contribution in [1.82, 2.24) is 20.0 Å². The molecular weight excluding hydrogens is 346 g/mol. The fraction of sp³-hybridized carbons (Fsp3) is 0.579. The molecule has 1 fully saturated rings. The number of aryl methyl sites for hydroxylation is 1. The van der Waals surface area contributed by atoms with Gasteiger partial charge in [0.2, 0.25) is 0 Å². The predicted octanol–water partition coefficient (Wildman–Crippen LogP) is 2.39. The molecule has 6 nitrogen and oxygen atoms in total. The van der Waals surface area contributed by atoms with Crippen LogP contribution in [0.15, 0.2) is 29.4 Å². The maximum Gasteiger partial charge on any atom is 0.191 e. The summed E-state index contributed by atoms with van der Waals surface area (Å²) in [5.41, 5.74) is 3.11. The van der Waals surface area contributed by atoms with Crippen molar-refractivity contribution in [2.45, 2.75) is 57.4 Å². The number of nitrogens with one attached hydrogen (secondary N) is 2. The second-order valence-corrected chi connectivity index (χ2v) is 8.86. The first-order valence-corrected chi connectivity index (χ1v) is 10.8. The molecule has 142 valence electrons. The molecule has 0 bridgehead atoms. The van der Waals surface area contributed by atoms with Crippen molar-refractivity contribution < 1.29 is 4.21 Å². The van der Waals surface area contributed by atoms with E-state index in [1.807, 2.05) is 19.1 Å². The lowest BCUT2D eigenvalue weighted by molar-refractivity contribution is 0.413. The zero-order valence-electron chi connectivity index (χ0n) is 15.9. The molecule has 1 saturated carbocycles. The molecule has 3 unspecified atom stereocenters. The van der Waals surface area contributed by atoms with Crippen LogP contribution in [-0.2, 0) is 17.3 Å². The minimum atomic E-state index is -0.709. The molecule has 2 N–H and O–H groups in total. The lowest BCUT2D eigenvalue weighted by Crippen LogP contribution is -2.46. The second-order valence-electron chi connectivity index (χ2n) is 6.85. The highest BCUT2D eigenvalue weighted by Crippen LogP contribution is 2.23. The van der Waals surface area contributed by atoms with Crippen LogP contribution in [0.4, 0.5) is 0 Å². The van der Waals surface area contributed by atoms with E-state index in [0.29, 0.717) is 17.8 Å². The third-order valence-corrected chi connectivity index (χ3v) is 6.77. The van der Waals surface area contributed by atoms with Gasteiger partial charge < -0.3 is 15.0 Å². The molecule has 3 atom stereocenters. The number of aliphatic imine (C=N–C) groups is 1. The van der Waals surface area contributed by atoms with Crippen LogP contribution in [0.5, 0.6) is 0 Å². The molecule has 7 heteroatoms. The molecule has 3 rings (SSSR count). The average Bonchev–Trinajstić information content (AvgIpc) is 3.09. The van der Waals surface area contributed by atoms with Crippen LogP contribution in [0, 0.1) is 6.92 Å². The second kappa shape index (κ2) is 8.66. The highest BCUT2D eigenvalue weighted by Gasteiger charge is 2.26. The zero-order valence-corrected chi connectivity index (χ0v) is 16.7. The number of imidazole rings is 1. The fourth-order valence-electron chi connectivity index (χ4n) is 3.60. The molecule has 2 aromatic heterocycles. The van der Waals surface area contributed by atoms with E-state index in [1.54, 1.807) is 7.05 Å². The van der Waals surface area contributed by atoms with Crippen molar-refractivity contribution in [1.29, 1.82) is 0 Å². The van der Waals surface area contributed by atoms with E-state index in [-0.39, 0.29) is 0 Å². The highest BCUT2D eigenvalue weighted by molar-refractivity contribution is 7.85. The Kier molecular flexibility index (Phi) is 6.29. The lowest BCUT2D eigenvalue weighted by Gasteiger charge is -2.30. The van der Waals surface area contributed by atoms with Crippen LogP contribution in [0.2, 0.25) is 0 Å². The molecule has 0 radical (unpaired) electrons. The van der Waals surface area contributed by atoms with Gasteiger partial charge in [-0.1, -0.05) is 19.4 Å². The molecule has 0 amide bonds. The van der Waals surface area contributed by atoms with Gasteiger partial charge in [-0.3, -0.25) is 9.20 Å². The van der Waals surface area contributed by atoms with Crippen LogP contribution >= 0.6 is 0 Å². The lowest BCUT2D eigenvalue weighted by atomic mass is 9.95. The van der Waals surface area contributed by atoms with E-state index in [4.69, 9.17) is 0 Å². The van der Waals surface area contributed by atoms with Crippen LogP contribution in [0.25, 0.3) is 5.65 Å². The van der Waals surface area contributed by atoms with Gasteiger partial charge in [0.05, 0.1) is 12.2 Å². The summed E-state index contributed by atoms with van der Waals surface area (Å²) in [6.07, 6.45) is 6.31. The van der Waals surface area contributed by atoms with Gasteiger partial charge in [-0.05, 0) is 38.3 Å².